The maximum atomic E-state index is 12.8. The number of carbonyl (C=O) groups excluding carboxylic acids is 2. The van der Waals surface area contributed by atoms with Crippen LogP contribution in [0.5, 0.6) is 0 Å². The molecule has 0 saturated heterocycles. The quantitative estimate of drug-likeness (QED) is 0.831. The number of carbonyl (C=O) groups is 2. The molecule has 0 saturated carbocycles. The highest BCUT2D eigenvalue weighted by Gasteiger charge is 2.19. The van der Waals surface area contributed by atoms with E-state index in [9.17, 15) is 14.0 Å². The topological polar surface area (TPSA) is 55.4 Å². The summed E-state index contributed by atoms with van der Waals surface area (Å²) < 4.78 is 17.8. The number of amides is 1. The first kappa shape index (κ1) is 17.2. The van der Waals surface area contributed by atoms with Crippen LogP contribution < -0.4 is 5.32 Å². The molecular weight excluding hydrogens is 344 g/mol. The fourth-order valence-electron chi connectivity index (χ4n) is 1.69. The number of halogens is 3. The van der Waals surface area contributed by atoms with Crippen LogP contribution in [0.25, 0.3) is 0 Å². The monoisotopic (exact) mass is 355 g/mol. The molecule has 1 atom stereocenters. The number of benzene rings is 2. The van der Waals surface area contributed by atoms with E-state index in [0.29, 0.717) is 10.7 Å². The van der Waals surface area contributed by atoms with Gasteiger partial charge in [-0.25, -0.2) is 9.18 Å². The average Bonchev–Trinajstić information content (AvgIpc) is 2.50. The van der Waals surface area contributed by atoms with Gasteiger partial charge in [0.05, 0.1) is 16.3 Å². The highest BCUT2D eigenvalue weighted by atomic mass is 35.5. The maximum absolute atomic E-state index is 12.8. The van der Waals surface area contributed by atoms with Gasteiger partial charge < -0.3 is 10.1 Å². The van der Waals surface area contributed by atoms with Gasteiger partial charge in [-0.1, -0.05) is 23.2 Å². The first-order valence-electron chi connectivity index (χ1n) is 6.59. The molecule has 0 aromatic heterocycles. The van der Waals surface area contributed by atoms with Crippen molar-refractivity contribution in [2.45, 2.75) is 13.0 Å². The van der Waals surface area contributed by atoms with Crippen molar-refractivity contribution in [3.63, 3.8) is 0 Å². The first-order chi connectivity index (χ1) is 10.9. The summed E-state index contributed by atoms with van der Waals surface area (Å²) in [7, 11) is 0. The van der Waals surface area contributed by atoms with Crippen molar-refractivity contribution in [2.24, 2.45) is 0 Å². The Bertz CT molecular complexity index is 735. The SMILES string of the molecule is CC(OC(=O)c1ccc(F)cc1)C(=O)Nc1ccc(Cl)cc1Cl. The van der Waals surface area contributed by atoms with E-state index in [1.807, 2.05) is 0 Å². The lowest BCUT2D eigenvalue weighted by Gasteiger charge is -2.14. The fraction of sp³-hybridized carbons (Fsp3) is 0.125. The summed E-state index contributed by atoms with van der Waals surface area (Å²) in [5.74, 6) is -1.75. The zero-order valence-electron chi connectivity index (χ0n) is 12.0. The molecular formula is C16H12Cl2FNO3. The molecule has 0 aliphatic carbocycles. The van der Waals surface area contributed by atoms with Crippen LogP contribution in [0.2, 0.25) is 10.0 Å². The van der Waals surface area contributed by atoms with Crippen molar-refractivity contribution < 1.29 is 18.7 Å². The van der Waals surface area contributed by atoms with Gasteiger partial charge in [-0.15, -0.1) is 0 Å². The minimum atomic E-state index is -1.06. The molecule has 0 aliphatic rings. The van der Waals surface area contributed by atoms with Gasteiger partial charge in [-0.3, -0.25) is 4.79 Å². The van der Waals surface area contributed by atoms with E-state index in [4.69, 9.17) is 27.9 Å². The van der Waals surface area contributed by atoms with Gasteiger partial charge in [0.25, 0.3) is 5.91 Å². The highest BCUT2D eigenvalue weighted by Crippen LogP contribution is 2.25. The highest BCUT2D eigenvalue weighted by molar-refractivity contribution is 6.36. The predicted molar refractivity (Wildman–Crippen MR) is 86.4 cm³/mol. The standard InChI is InChI=1S/C16H12Cl2FNO3/c1-9(23-16(22)10-2-5-12(19)6-3-10)15(21)20-14-7-4-11(17)8-13(14)18/h2-9H,1H3,(H,20,21). The van der Waals surface area contributed by atoms with Crippen molar-refractivity contribution in [3.05, 3.63) is 63.9 Å². The van der Waals surface area contributed by atoms with Crippen molar-refractivity contribution in [2.75, 3.05) is 5.32 Å². The van der Waals surface area contributed by atoms with Gasteiger partial charge in [0.2, 0.25) is 0 Å². The van der Waals surface area contributed by atoms with Gasteiger partial charge in [0, 0.05) is 5.02 Å². The zero-order chi connectivity index (χ0) is 17.0. The molecule has 4 nitrogen and oxygen atoms in total. The Morgan fingerprint density at radius 2 is 1.78 bits per heavy atom. The van der Waals surface area contributed by atoms with E-state index < -0.39 is 23.8 Å². The number of hydrogen-bond acceptors (Lipinski definition) is 3. The normalized spacial score (nSPS) is 11.7. The van der Waals surface area contributed by atoms with Crippen molar-refractivity contribution in [1.82, 2.24) is 0 Å². The van der Waals surface area contributed by atoms with E-state index in [2.05, 4.69) is 5.32 Å². The Morgan fingerprint density at radius 3 is 2.39 bits per heavy atom. The number of hydrogen-bond donors (Lipinski definition) is 1. The molecule has 23 heavy (non-hydrogen) atoms. The summed E-state index contributed by atoms with van der Waals surface area (Å²) in [6, 6.07) is 9.41. The third-order valence-corrected chi connectivity index (χ3v) is 3.47. The van der Waals surface area contributed by atoms with Crippen LogP contribution in [0, 0.1) is 5.82 Å². The van der Waals surface area contributed by atoms with Gasteiger partial charge in [-0.05, 0) is 49.4 Å². The van der Waals surface area contributed by atoms with Gasteiger partial charge >= 0.3 is 5.97 Å². The van der Waals surface area contributed by atoms with Crippen molar-refractivity contribution in [1.29, 1.82) is 0 Å². The molecule has 7 heteroatoms. The lowest BCUT2D eigenvalue weighted by Crippen LogP contribution is -2.30. The van der Waals surface area contributed by atoms with Crippen LogP contribution in [0.4, 0.5) is 10.1 Å². The predicted octanol–water partition coefficient (Wildman–Crippen LogP) is 4.32. The average molecular weight is 356 g/mol. The third kappa shape index (κ3) is 4.68. The molecule has 1 amide bonds. The molecule has 120 valence electrons. The number of nitrogens with one attached hydrogen (secondary N) is 1. The summed E-state index contributed by atoms with van der Waals surface area (Å²) in [4.78, 5) is 23.9. The van der Waals surface area contributed by atoms with Crippen LogP contribution in [0.3, 0.4) is 0 Å². The molecule has 2 aromatic rings. The fourth-order valence-corrected chi connectivity index (χ4v) is 2.15. The molecule has 0 fully saturated rings. The zero-order valence-corrected chi connectivity index (χ0v) is 13.5. The molecule has 0 heterocycles. The first-order valence-corrected chi connectivity index (χ1v) is 7.35. The second-order valence-corrected chi connectivity index (χ2v) is 5.51. The van der Waals surface area contributed by atoms with E-state index in [1.54, 1.807) is 6.07 Å². The lowest BCUT2D eigenvalue weighted by molar-refractivity contribution is -0.123. The van der Waals surface area contributed by atoms with Crippen LogP contribution in [0.1, 0.15) is 17.3 Å². The number of esters is 1. The second-order valence-electron chi connectivity index (χ2n) is 4.67. The smallest absolute Gasteiger partial charge is 0.338 e. The molecule has 2 rings (SSSR count). The molecule has 1 unspecified atom stereocenters. The van der Waals surface area contributed by atoms with Crippen LogP contribution in [-0.2, 0) is 9.53 Å². The van der Waals surface area contributed by atoms with Gasteiger partial charge in [0.15, 0.2) is 6.10 Å². The third-order valence-electron chi connectivity index (χ3n) is 2.92. The molecule has 0 aliphatic heterocycles. The Hall–Kier alpha value is -2.11. The second kappa shape index (κ2) is 7.44. The van der Waals surface area contributed by atoms with E-state index in [0.717, 1.165) is 12.1 Å². The molecule has 0 radical (unpaired) electrons. The van der Waals surface area contributed by atoms with Crippen molar-refractivity contribution in [3.8, 4) is 0 Å². The summed E-state index contributed by atoms with van der Waals surface area (Å²) in [6.07, 6.45) is -1.06. The minimum Gasteiger partial charge on any atom is -0.449 e. The number of rotatable bonds is 4. The number of anilines is 1. The Labute approximate surface area is 142 Å². The van der Waals surface area contributed by atoms with Crippen LogP contribution in [0.15, 0.2) is 42.5 Å². The summed E-state index contributed by atoms with van der Waals surface area (Å²) in [5.41, 5.74) is 0.501. The molecule has 0 bridgehead atoms. The van der Waals surface area contributed by atoms with Gasteiger partial charge in [-0.2, -0.15) is 0 Å². The van der Waals surface area contributed by atoms with Crippen molar-refractivity contribution >= 4 is 40.8 Å². The van der Waals surface area contributed by atoms with Crippen LogP contribution >= 0.6 is 23.2 Å². The lowest BCUT2D eigenvalue weighted by atomic mass is 10.2. The molecule has 2 aromatic carbocycles. The summed E-state index contributed by atoms with van der Waals surface area (Å²) in [5, 5.41) is 3.24. The Morgan fingerprint density at radius 1 is 1.13 bits per heavy atom. The van der Waals surface area contributed by atoms with E-state index in [1.165, 1.54) is 31.2 Å². The Balaban J connectivity index is 1.99. The minimum absolute atomic E-state index is 0.149. The molecule has 0 spiro atoms. The summed E-state index contributed by atoms with van der Waals surface area (Å²) >= 11 is 11.7. The number of ether oxygens (including phenoxy) is 1. The summed E-state index contributed by atoms with van der Waals surface area (Å²) in [6.45, 7) is 1.42. The maximum Gasteiger partial charge on any atom is 0.338 e. The van der Waals surface area contributed by atoms with Crippen LogP contribution in [-0.4, -0.2) is 18.0 Å². The van der Waals surface area contributed by atoms with E-state index in [-0.39, 0.29) is 10.6 Å². The van der Waals surface area contributed by atoms with Gasteiger partial charge in [0.1, 0.15) is 5.82 Å². The van der Waals surface area contributed by atoms with E-state index >= 15 is 0 Å². The molecule has 1 N–H and O–H groups in total. The Kier molecular flexibility index (Phi) is 5.58. The largest absolute Gasteiger partial charge is 0.449 e.